The zero-order valence-corrected chi connectivity index (χ0v) is 16.9. The lowest BCUT2D eigenvalue weighted by molar-refractivity contribution is -0.138. The SMILES string of the molecule is CC(C)(C)OC(=O)N1CC2(CC(Nc3ncc(C(F)(F)F)c(-n4cccn4)n3)C2)C1. The minimum absolute atomic E-state index is 0.0330. The molecule has 1 saturated heterocycles. The van der Waals surface area contributed by atoms with E-state index >= 15 is 0 Å². The van der Waals surface area contributed by atoms with E-state index in [1.165, 1.54) is 18.5 Å². The molecule has 2 fully saturated rings. The summed E-state index contributed by atoms with van der Waals surface area (Å²) < 4.78 is 46.3. The molecular weight excluding hydrogens is 401 g/mol. The van der Waals surface area contributed by atoms with Crippen LogP contribution in [0.25, 0.3) is 5.82 Å². The Bertz CT molecular complexity index is 925. The lowest BCUT2D eigenvalue weighted by Crippen LogP contribution is -2.66. The van der Waals surface area contributed by atoms with Crippen molar-refractivity contribution >= 4 is 12.0 Å². The molecule has 162 valence electrons. The summed E-state index contributed by atoms with van der Waals surface area (Å²) in [4.78, 5) is 21.6. The molecule has 1 spiro atoms. The van der Waals surface area contributed by atoms with E-state index in [9.17, 15) is 18.0 Å². The molecule has 11 heteroatoms. The summed E-state index contributed by atoms with van der Waals surface area (Å²) in [5.41, 5.74) is -1.45. The third kappa shape index (κ3) is 4.05. The van der Waals surface area contributed by atoms with Crippen molar-refractivity contribution < 1.29 is 22.7 Å². The Morgan fingerprint density at radius 1 is 1.27 bits per heavy atom. The highest BCUT2D eigenvalue weighted by atomic mass is 19.4. The molecule has 2 aliphatic rings. The predicted octanol–water partition coefficient (Wildman–Crippen LogP) is 3.49. The maximum Gasteiger partial charge on any atom is 0.421 e. The Morgan fingerprint density at radius 3 is 2.53 bits per heavy atom. The first-order valence-electron chi connectivity index (χ1n) is 9.63. The van der Waals surface area contributed by atoms with Crippen molar-refractivity contribution in [1.82, 2.24) is 24.6 Å². The van der Waals surface area contributed by atoms with Crippen LogP contribution >= 0.6 is 0 Å². The Morgan fingerprint density at radius 2 is 1.97 bits per heavy atom. The summed E-state index contributed by atoms with van der Waals surface area (Å²) in [5.74, 6) is -0.199. The third-order valence-corrected chi connectivity index (χ3v) is 5.19. The van der Waals surface area contributed by atoms with Crippen molar-refractivity contribution in [2.45, 2.75) is 51.4 Å². The van der Waals surface area contributed by atoms with Crippen LogP contribution in [0, 0.1) is 5.41 Å². The maximum atomic E-state index is 13.3. The number of carbonyl (C=O) groups excluding carboxylic acids is 1. The number of rotatable bonds is 3. The lowest BCUT2D eigenvalue weighted by atomic mass is 9.61. The fraction of sp³-hybridized carbons (Fsp3) is 0.579. The van der Waals surface area contributed by atoms with Crippen LogP contribution < -0.4 is 5.32 Å². The third-order valence-electron chi connectivity index (χ3n) is 5.19. The van der Waals surface area contributed by atoms with Gasteiger partial charge in [-0.2, -0.15) is 23.3 Å². The van der Waals surface area contributed by atoms with E-state index in [2.05, 4.69) is 20.4 Å². The molecule has 30 heavy (non-hydrogen) atoms. The van der Waals surface area contributed by atoms with Gasteiger partial charge in [0, 0.05) is 43.1 Å². The first-order chi connectivity index (χ1) is 13.9. The highest BCUT2D eigenvalue weighted by Crippen LogP contribution is 2.49. The first kappa shape index (κ1) is 20.4. The number of hydrogen-bond acceptors (Lipinski definition) is 6. The van der Waals surface area contributed by atoms with E-state index < -0.39 is 17.3 Å². The molecule has 1 saturated carbocycles. The average Bonchev–Trinajstić information content (AvgIpc) is 3.07. The van der Waals surface area contributed by atoms with E-state index in [0.29, 0.717) is 13.1 Å². The summed E-state index contributed by atoms with van der Waals surface area (Å²) in [5, 5.41) is 6.96. The van der Waals surface area contributed by atoms with Gasteiger partial charge in [0.15, 0.2) is 5.82 Å². The number of carbonyl (C=O) groups is 1. The van der Waals surface area contributed by atoms with Gasteiger partial charge >= 0.3 is 12.3 Å². The summed E-state index contributed by atoms with van der Waals surface area (Å²) in [6.07, 6.45) is 0.226. The van der Waals surface area contributed by atoms with E-state index in [1.807, 2.05) is 20.8 Å². The molecule has 4 rings (SSSR count). The predicted molar refractivity (Wildman–Crippen MR) is 101 cm³/mol. The standard InChI is InChI=1S/C19H23F3N6O2/c1-17(2,3)30-16(29)27-10-18(11-27)7-12(8-18)25-15-23-9-13(19(20,21)22)14(26-15)28-6-4-5-24-28/h4-6,9,12H,7-8,10-11H2,1-3H3,(H,23,25,26). The quantitative estimate of drug-likeness (QED) is 0.812. The van der Waals surface area contributed by atoms with Gasteiger partial charge in [0.1, 0.15) is 11.2 Å². The number of aromatic nitrogens is 4. The van der Waals surface area contributed by atoms with Crippen LogP contribution in [0.1, 0.15) is 39.2 Å². The minimum Gasteiger partial charge on any atom is -0.444 e. The number of amides is 1. The highest BCUT2D eigenvalue weighted by molar-refractivity contribution is 5.69. The molecule has 1 aliphatic heterocycles. The molecule has 1 N–H and O–H groups in total. The number of ether oxygens (including phenoxy) is 1. The van der Waals surface area contributed by atoms with Crippen LogP contribution in [0.3, 0.4) is 0 Å². The number of halogens is 3. The van der Waals surface area contributed by atoms with E-state index in [0.717, 1.165) is 23.7 Å². The fourth-order valence-corrected chi connectivity index (χ4v) is 3.96. The normalized spacial score (nSPS) is 18.7. The van der Waals surface area contributed by atoms with Gasteiger partial charge in [-0.1, -0.05) is 0 Å². The van der Waals surface area contributed by atoms with Crippen LogP contribution in [-0.2, 0) is 10.9 Å². The van der Waals surface area contributed by atoms with Crippen molar-refractivity contribution in [3.05, 3.63) is 30.2 Å². The van der Waals surface area contributed by atoms with Gasteiger partial charge in [0.25, 0.3) is 0 Å². The molecule has 2 aromatic rings. The van der Waals surface area contributed by atoms with E-state index in [-0.39, 0.29) is 29.3 Å². The first-order valence-corrected chi connectivity index (χ1v) is 9.63. The van der Waals surface area contributed by atoms with E-state index in [4.69, 9.17) is 4.74 Å². The van der Waals surface area contributed by atoms with Crippen LogP contribution in [0.5, 0.6) is 0 Å². The Balaban J connectivity index is 1.37. The Kier molecular flexibility index (Phi) is 4.66. The number of hydrogen-bond donors (Lipinski definition) is 1. The van der Waals surface area contributed by atoms with Crippen molar-refractivity contribution in [2.24, 2.45) is 5.41 Å². The van der Waals surface area contributed by atoms with Crippen LogP contribution in [0.4, 0.5) is 23.9 Å². The van der Waals surface area contributed by atoms with Gasteiger partial charge < -0.3 is 15.0 Å². The molecule has 1 aliphatic carbocycles. The molecule has 3 heterocycles. The zero-order chi connectivity index (χ0) is 21.7. The molecular formula is C19H23F3N6O2. The molecule has 0 unspecified atom stereocenters. The summed E-state index contributed by atoms with van der Waals surface area (Å²) in [6.45, 7) is 6.71. The van der Waals surface area contributed by atoms with Crippen molar-refractivity contribution in [2.75, 3.05) is 18.4 Å². The maximum absolute atomic E-state index is 13.3. The monoisotopic (exact) mass is 424 g/mol. The second-order valence-electron chi connectivity index (χ2n) is 8.97. The molecule has 0 atom stereocenters. The van der Waals surface area contributed by atoms with Crippen LogP contribution in [0.15, 0.2) is 24.7 Å². The number of nitrogens with zero attached hydrogens (tertiary/aromatic N) is 5. The van der Waals surface area contributed by atoms with Crippen LogP contribution in [-0.4, -0.2) is 55.5 Å². The topological polar surface area (TPSA) is 85.2 Å². The van der Waals surface area contributed by atoms with E-state index in [1.54, 1.807) is 4.90 Å². The minimum atomic E-state index is -4.59. The summed E-state index contributed by atoms with van der Waals surface area (Å²) in [7, 11) is 0. The number of alkyl halides is 3. The van der Waals surface area contributed by atoms with Gasteiger partial charge in [-0.25, -0.2) is 14.5 Å². The Hall–Kier alpha value is -2.85. The molecule has 0 aromatic carbocycles. The molecule has 8 nitrogen and oxygen atoms in total. The smallest absolute Gasteiger partial charge is 0.421 e. The second kappa shape index (κ2) is 6.85. The number of anilines is 1. The van der Waals surface area contributed by atoms with Crippen LogP contribution in [0.2, 0.25) is 0 Å². The second-order valence-corrected chi connectivity index (χ2v) is 8.97. The Labute approximate surface area is 171 Å². The lowest BCUT2D eigenvalue weighted by Gasteiger charge is -2.58. The molecule has 1 amide bonds. The number of likely N-dealkylation sites (tertiary alicyclic amines) is 1. The van der Waals surface area contributed by atoms with Crippen molar-refractivity contribution in [1.29, 1.82) is 0 Å². The number of nitrogens with one attached hydrogen (secondary N) is 1. The van der Waals surface area contributed by atoms with Gasteiger partial charge in [-0.15, -0.1) is 0 Å². The van der Waals surface area contributed by atoms with Gasteiger partial charge in [-0.05, 0) is 39.7 Å². The van der Waals surface area contributed by atoms with Gasteiger partial charge in [-0.3, -0.25) is 0 Å². The van der Waals surface area contributed by atoms with Crippen molar-refractivity contribution in [3.8, 4) is 5.82 Å². The van der Waals surface area contributed by atoms with Gasteiger partial charge in [0.2, 0.25) is 5.95 Å². The summed E-state index contributed by atoms with van der Waals surface area (Å²) >= 11 is 0. The largest absolute Gasteiger partial charge is 0.444 e. The summed E-state index contributed by atoms with van der Waals surface area (Å²) in [6, 6.07) is 1.56. The molecule has 0 radical (unpaired) electrons. The van der Waals surface area contributed by atoms with Crippen molar-refractivity contribution in [3.63, 3.8) is 0 Å². The fourth-order valence-electron chi connectivity index (χ4n) is 3.96. The van der Waals surface area contributed by atoms with Gasteiger partial charge in [0.05, 0.1) is 0 Å². The average molecular weight is 424 g/mol. The molecule has 0 bridgehead atoms. The highest BCUT2D eigenvalue weighted by Gasteiger charge is 2.54. The zero-order valence-electron chi connectivity index (χ0n) is 16.9. The molecule has 2 aromatic heterocycles.